The molecule has 0 bridgehead atoms. The largest absolute Gasteiger partial charge is 0.472 e. The number of carbonyl (C=O) groups is 1. The number of aliphatic hydroxyl groups is 11. The molecule has 25 nitrogen and oxygen atoms in total. The van der Waals surface area contributed by atoms with Crippen LogP contribution in [0.15, 0.2) is 4.99 Å². The SMILES string of the molecule is CC(=O)N[C@@H]1[C@@H](O[C@@H]2O[C@@H](C)[C@@H](O)[C@@H](O[C@H]3O[C@H](COP(=O)(O)OC[C@@H](O)[C@@H](O)[C@@H](O)CO)[C@H](O)[C@H](O)[C@H]3O)[C@@H]2N=C(N)N)[C@H](O)[C@@H](CO)O[C@H]1O. The van der Waals surface area contributed by atoms with Crippen molar-refractivity contribution < 1.29 is 103 Å². The molecule has 3 aliphatic rings. The first-order valence-corrected chi connectivity index (χ1v) is 17.3. The number of phosphoric ester groups is 1. The van der Waals surface area contributed by atoms with Gasteiger partial charge in [0.1, 0.15) is 85.3 Å². The molecular formula is C26H49N4O21P. The van der Waals surface area contributed by atoms with E-state index in [1.165, 1.54) is 6.92 Å². The van der Waals surface area contributed by atoms with Crippen molar-refractivity contribution in [1.29, 1.82) is 0 Å². The number of nitrogens with two attached hydrogens (primary N) is 2. The molecular weight excluding hydrogens is 735 g/mol. The smallest absolute Gasteiger partial charge is 0.394 e. The van der Waals surface area contributed by atoms with Crippen molar-refractivity contribution in [2.45, 2.75) is 124 Å². The summed E-state index contributed by atoms with van der Waals surface area (Å²) in [5, 5.41) is 114. The molecule has 1 amide bonds. The second-order valence-corrected chi connectivity index (χ2v) is 13.7. The fourth-order valence-electron chi connectivity index (χ4n) is 5.53. The molecule has 0 spiro atoms. The van der Waals surface area contributed by atoms with Gasteiger partial charge in [0.2, 0.25) is 5.91 Å². The molecule has 1 unspecified atom stereocenters. The van der Waals surface area contributed by atoms with Gasteiger partial charge in [-0.25, -0.2) is 9.56 Å². The van der Waals surface area contributed by atoms with Gasteiger partial charge in [0, 0.05) is 6.92 Å². The third-order valence-corrected chi connectivity index (χ3v) is 9.31. The molecule has 52 heavy (non-hydrogen) atoms. The van der Waals surface area contributed by atoms with Crippen LogP contribution in [0, 0.1) is 0 Å². The molecule has 0 aliphatic carbocycles. The van der Waals surface area contributed by atoms with Crippen LogP contribution in [0.3, 0.4) is 0 Å². The maximum Gasteiger partial charge on any atom is 0.472 e. The van der Waals surface area contributed by atoms with E-state index in [0.717, 1.165) is 6.92 Å². The van der Waals surface area contributed by atoms with Crippen LogP contribution in [-0.4, -0.2) is 210 Å². The highest BCUT2D eigenvalue weighted by atomic mass is 31.2. The minimum absolute atomic E-state index is 0.620. The lowest BCUT2D eigenvalue weighted by molar-refractivity contribution is -0.351. The molecule has 3 rings (SSSR count). The third-order valence-electron chi connectivity index (χ3n) is 8.36. The van der Waals surface area contributed by atoms with Crippen molar-refractivity contribution >= 4 is 19.7 Å². The Morgan fingerprint density at radius 2 is 1.48 bits per heavy atom. The van der Waals surface area contributed by atoms with Crippen molar-refractivity contribution in [1.82, 2.24) is 5.32 Å². The minimum atomic E-state index is -5.11. The quantitative estimate of drug-likeness (QED) is 0.0392. The Bertz CT molecular complexity index is 1220. The highest BCUT2D eigenvalue weighted by Crippen LogP contribution is 2.44. The van der Waals surface area contributed by atoms with Gasteiger partial charge < -0.3 is 102 Å². The molecule has 3 heterocycles. The molecule has 17 N–H and O–H groups in total. The van der Waals surface area contributed by atoms with E-state index in [4.69, 9.17) is 44.8 Å². The number of aliphatic imine (C=N–C) groups is 1. The predicted octanol–water partition coefficient (Wildman–Crippen LogP) is -8.90. The number of phosphoric acid groups is 1. The van der Waals surface area contributed by atoms with Crippen LogP contribution in [0.2, 0.25) is 0 Å². The fraction of sp³-hybridized carbons (Fsp3) is 0.923. The van der Waals surface area contributed by atoms with Gasteiger partial charge in [-0.15, -0.1) is 0 Å². The lowest BCUT2D eigenvalue weighted by Crippen LogP contribution is -2.68. The number of aliphatic hydroxyl groups excluding tert-OH is 11. The molecule has 3 saturated heterocycles. The highest BCUT2D eigenvalue weighted by molar-refractivity contribution is 7.47. The highest BCUT2D eigenvalue weighted by Gasteiger charge is 2.54. The Hall–Kier alpha value is -1.79. The average molecular weight is 785 g/mol. The van der Waals surface area contributed by atoms with E-state index in [0.29, 0.717) is 0 Å². The minimum Gasteiger partial charge on any atom is -0.394 e. The predicted molar refractivity (Wildman–Crippen MR) is 165 cm³/mol. The number of nitrogens with zero attached hydrogens (tertiary/aromatic N) is 1. The van der Waals surface area contributed by atoms with Gasteiger partial charge in [-0.05, 0) is 6.92 Å². The molecule has 3 fully saturated rings. The standard InChI is InChI=1S/C26H49N4O21P/c1-7-15(36)22(14(30-26(27)28)24(47-7)50-21-13(29-8(2)33)23(42)48-11(4-32)18(21)39)51-25-20(41)19(40)17(38)12(49-25)6-46-52(43,44)45-5-10(35)16(37)9(34)3-31/h7,9-25,31-32,34-42H,3-6H2,1-2H3,(H,29,33)(H,43,44)(H4,27,28,30)/t7-,9-,10+,11+,12+,13+,14-,15+,16-,17-,18+,19-,20+,21+,22-,23+,24-,25+/m0/s1. The van der Waals surface area contributed by atoms with E-state index in [2.05, 4.69) is 14.8 Å². The van der Waals surface area contributed by atoms with Gasteiger partial charge in [0.05, 0.1) is 32.5 Å². The summed E-state index contributed by atoms with van der Waals surface area (Å²) in [4.78, 5) is 25.9. The van der Waals surface area contributed by atoms with Crippen molar-refractivity contribution in [3.63, 3.8) is 0 Å². The van der Waals surface area contributed by atoms with Crippen molar-refractivity contribution in [2.75, 3.05) is 26.4 Å². The monoisotopic (exact) mass is 784 g/mol. The van der Waals surface area contributed by atoms with Crippen molar-refractivity contribution in [3.8, 4) is 0 Å². The summed E-state index contributed by atoms with van der Waals surface area (Å²) in [6.07, 6.45) is -28.3. The molecule has 0 radical (unpaired) electrons. The summed E-state index contributed by atoms with van der Waals surface area (Å²) in [5.74, 6) is -1.29. The van der Waals surface area contributed by atoms with Crippen LogP contribution in [0.5, 0.6) is 0 Å². The maximum absolute atomic E-state index is 12.4. The molecule has 0 aromatic rings. The van der Waals surface area contributed by atoms with Gasteiger partial charge in [0.25, 0.3) is 0 Å². The molecule has 26 heteroatoms. The van der Waals surface area contributed by atoms with Crippen LogP contribution in [0.4, 0.5) is 0 Å². The van der Waals surface area contributed by atoms with Gasteiger partial charge >= 0.3 is 7.82 Å². The Morgan fingerprint density at radius 1 is 0.846 bits per heavy atom. The zero-order valence-electron chi connectivity index (χ0n) is 27.8. The number of nitrogens with one attached hydrogen (secondary N) is 1. The van der Waals surface area contributed by atoms with E-state index in [9.17, 15) is 65.3 Å². The van der Waals surface area contributed by atoms with Crippen LogP contribution in [-0.2, 0) is 42.1 Å². The Morgan fingerprint density at radius 3 is 2.06 bits per heavy atom. The summed E-state index contributed by atoms with van der Waals surface area (Å²) >= 11 is 0. The van der Waals surface area contributed by atoms with Crippen molar-refractivity contribution in [3.05, 3.63) is 0 Å². The molecule has 304 valence electrons. The van der Waals surface area contributed by atoms with E-state index in [-0.39, 0.29) is 0 Å². The number of hydrogen-bond acceptors (Lipinski definition) is 21. The number of carbonyl (C=O) groups excluding carboxylic acids is 1. The lowest BCUT2D eigenvalue weighted by atomic mass is 9.94. The van der Waals surface area contributed by atoms with Gasteiger partial charge in [-0.3, -0.25) is 13.8 Å². The number of hydrogen-bond donors (Lipinski definition) is 15. The number of ether oxygens (including phenoxy) is 5. The summed E-state index contributed by atoms with van der Waals surface area (Å²) in [6.45, 7) is -1.40. The van der Waals surface area contributed by atoms with E-state index >= 15 is 0 Å². The van der Waals surface area contributed by atoms with Crippen LogP contribution in [0.1, 0.15) is 13.8 Å². The Labute approximate surface area is 295 Å². The van der Waals surface area contributed by atoms with Gasteiger partial charge in [-0.1, -0.05) is 0 Å². The fourth-order valence-corrected chi connectivity index (χ4v) is 6.28. The van der Waals surface area contributed by atoms with Crippen molar-refractivity contribution in [2.24, 2.45) is 16.5 Å². The summed E-state index contributed by atoms with van der Waals surface area (Å²) < 4.78 is 50.0. The second-order valence-electron chi connectivity index (χ2n) is 12.3. The molecule has 19 atom stereocenters. The molecule has 0 aromatic carbocycles. The van der Waals surface area contributed by atoms with Crippen LogP contribution in [0.25, 0.3) is 0 Å². The van der Waals surface area contributed by atoms with E-state index in [1.54, 1.807) is 0 Å². The lowest BCUT2D eigenvalue weighted by Gasteiger charge is -2.48. The zero-order chi connectivity index (χ0) is 39.2. The van der Waals surface area contributed by atoms with E-state index < -0.39 is 156 Å². The first kappa shape index (κ1) is 44.6. The first-order valence-electron chi connectivity index (χ1n) is 15.8. The second kappa shape index (κ2) is 19.2. The Balaban J connectivity index is 1.82. The number of rotatable bonds is 16. The van der Waals surface area contributed by atoms with Crippen LogP contribution < -0.4 is 16.8 Å². The maximum atomic E-state index is 12.4. The Kier molecular flexibility index (Phi) is 16.5. The summed E-state index contributed by atoms with van der Waals surface area (Å²) in [7, 11) is -5.11. The zero-order valence-corrected chi connectivity index (χ0v) is 28.7. The molecule has 0 saturated carbocycles. The average Bonchev–Trinajstić information content (AvgIpc) is 3.08. The first-order chi connectivity index (χ1) is 24.2. The van der Waals surface area contributed by atoms with Gasteiger partial charge in [0.15, 0.2) is 24.8 Å². The molecule has 0 aromatic heterocycles. The molecule has 3 aliphatic heterocycles. The van der Waals surface area contributed by atoms with Gasteiger partial charge in [-0.2, -0.15) is 0 Å². The van der Waals surface area contributed by atoms with E-state index in [1.807, 2.05) is 0 Å². The third kappa shape index (κ3) is 11.1. The summed E-state index contributed by atoms with van der Waals surface area (Å²) in [5.41, 5.74) is 11.3. The number of guanidine groups is 1. The van der Waals surface area contributed by atoms with Crippen LogP contribution >= 0.6 is 7.82 Å². The topological polar surface area (TPSA) is 418 Å². The number of amides is 1. The summed E-state index contributed by atoms with van der Waals surface area (Å²) in [6, 6.07) is -3.06. The normalized spacial score (nSPS) is 41.3.